The molecule has 28 heavy (non-hydrogen) atoms. The SMILES string of the molecule is CCOc1ccc(S(=O)(=O)N(CC)CC)cc1NC(=O)COC(=O)C1CCC1. The van der Waals surface area contributed by atoms with Gasteiger partial charge >= 0.3 is 5.97 Å². The molecule has 9 heteroatoms. The van der Waals surface area contributed by atoms with Crippen LogP contribution in [0.5, 0.6) is 5.75 Å². The van der Waals surface area contributed by atoms with Crippen molar-refractivity contribution in [2.45, 2.75) is 44.9 Å². The molecule has 8 nitrogen and oxygen atoms in total. The van der Waals surface area contributed by atoms with E-state index >= 15 is 0 Å². The topological polar surface area (TPSA) is 102 Å². The van der Waals surface area contributed by atoms with Crippen molar-refractivity contribution >= 4 is 27.6 Å². The van der Waals surface area contributed by atoms with E-state index in [0.29, 0.717) is 25.4 Å². The van der Waals surface area contributed by atoms with Crippen LogP contribution in [-0.4, -0.2) is 50.9 Å². The molecular weight excluding hydrogens is 384 g/mol. The maximum Gasteiger partial charge on any atom is 0.309 e. The maximum absolute atomic E-state index is 12.7. The number of hydrogen-bond acceptors (Lipinski definition) is 6. The second kappa shape index (κ2) is 9.88. The van der Waals surface area contributed by atoms with E-state index in [1.807, 2.05) is 0 Å². The molecule has 0 saturated heterocycles. The average molecular weight is 413 g/mol. The molecule has 2 rings (SSSR count). The lowest BCUT2D eigenvalue weighted by molar-refractivity contribution is -0.154. The Morgan fingerprint density at radius 2 is 1.86 bits per heavy atom. The van der Waals surface area contributed by atoms with Crippen molar-refractivity contribution in [1.82, 2.24) is 4.31 Å². The first-order valence-electron chi connectivity index (χ1n) is 9.56. The molecule has 0 aliphatic heterocycles. The third kappa shape index (κ3) is 5.23. The quantitative estimate of drug-likeness (QED) is 0.592. The van der Waals surface area contributed by atoms with Crippen LogP contribution in [0.4, 0.5) is 5.69 Å². The van der Waals surface area contributed by atoms with Crippen molar-refractivity contribution < 1.29 is 27.5 Å². The Hall–Kier alpha value is -2.13. The fourth-order valence-electron chi connectivity index (χ4n) is 2.85. The summed E-state index contributed by atoms with van der Waals surface area (Å²) in [6.45, 7) is 5.90. The van der Waals surface area contributed by atoms with Gasteiger partial charge in [0.2, 0.25) is 10.0 Å². The molecular formula is C19H28N2O6S. The predicted octanol–water partition coefficient (Wildman–Crippen LogP) is 2.40. The molecule has 1 fully saturated rings. The number of anilines is 1. The van der Waals surface area contributed by atoms with Gasteiger partial charge in [-0.2, -0.15) is 4.31 Å². The molecule has 0 heterocycles. The Kier molecular flexibility index (Phi) is 7.82. The summed E-state index contributed by atoms with van der Waals surface area (Å²) in [5, 5.41) is 2.59. The Balaban J connectivity index is 2.15. The van der Waals surface area contributed by atoms with Gasteiger partial charge < -0.3 is 14.8 Å². The van der Waals surface area contributed by atoms with E-state index in [-0.39, 0.29) is 22.5 Å². The summed E-state index contributed by atoms with van der Waals surface area (Å²) in [6, 6.07) is 4.32. The van der Waals surface area contributed by atoms with Crippen molar-refractivity contribution in [2.24, 2.45) is 5.92 Å². The summed E-state index contributed by atoms with van der Waals surface area (Å²) in [6.07, 6.45) is 2.58. The summed E-state index contributed by atoms with van der Waals surface area (Å²) in [5.41, 5.74) is 0.222. The molecule has 1 aliphatic rings. The number of amides is 1. The molecule has 0 spiro atoms. The second-order valence-corrected chi connectivity index (χ2v) is 8.40. The molecule has 1 aromatic carbocycles. The first kappa shape index (κ1) is 22.2. The van der Waals surface area contributed by atoms with Gasteiger partial charge in [0.05, 0.1) is 23.1 Å². The summed E-state index contributed by atoms with van der Waals surface area (Å²) in [4.78, 5) is 24.0. The van der Waals surface area contributed by atoms with Crippen molar-refractivity contribution in [3.05, 3.63) is 18.2 Å². The normalized spacial score (nSPS) is 14.4. The van der Waals surface area contributed by atoms with Gasteiger partial charge in [-0.1, -0.05) is 20.3 Å². The van der Waals surface area contributed by atoms with E-state index in [2.05, 4.69) is 5.32 Å². The highest BCUT2D eigenvalue weighted by atomic mass is 32.2. The van der Waals surface area contributed by atoms with Gasteiger partial charge in [-0.15, -0.1) is 0 Å². The number of sulfonamides is 1. The minimum atomic E-state index is -3.68. The van der Waals surface area contributed by atoms with Crippen molar-refractivity contribution in [2.75, 3.05) is 31.6 Å². The number of rotatable bonds is 10. The van der Waals surface area contributed by atoms with Gasteiger partial charge in [-0.05, 0) is 38.0 Å². The molecule has 1 aliphatic carbocycles. The highest BCUT2D eigenvalue weighted by molar-refractivity contribution is 7.89. The standard InChI is InChI=1S/C19H28N2O6S/c1-4-21(5-2)28(24,25)15-10-11-17(26-6-3)16(12-15)20-18(22)13-27-19(23)14-8-7-9-14/h10-12,14H,4-9,13H2,1-3H3,(H,20,22). The van der Waals surface area contributed by atoms with Crippen molar-refractivity contribution in [3.8, 4) is 5.75 Å². The molecule has 156 valence electrons. The Bertz CT molecular complexity index is 801. The van der Waals surface area contributed by atoms with E-state index in [1.165, 1.54) is 22.5 Å². The molecule has 0 bridgehead atoms. The van der Waals surface area contributed by atoms with E-state index in [1.54, 1.807) is 20.8 Å². The van der Waals surface area contributed by atoms with Crippen LogP contribution in [0.1, 0.15) is 40.0 Å². The van der Waals surface area contributed by atoms with Crippen molar-refractivity contribution in [3.63, 3.8) is 0 Å². The summed E-state index contributed by atoms with van der Waals surface area (Å²) in [7, 11) is -3.68. The van der Waals surface area contributed by atoms with Gasteiger partial charge in [0.1, 0.15) is 5.75 Å². The van der Waals surface area contributed by atoms with Gasteiger partial charge in [0.25, 0.3) is 5.91 Å². The monoisotopic (exact) mass is 412 g/mol. The smallest absolute Gasteiger partial charge is 0.309 e. The number of hydrogen-bond donors (Lipinski definition) is 1. The summed E-state index contributed by atoms with van der Waals surface area (Å²) in [5.74, 6) is -0.690. The van der Waals surface area contributed by atoms with E-state index in [4.69, 9.17) is 9.47 Å². The second-order valence-electron chi connectivity index (χ2n) is 6.46. The van der Waals surface area contributed by atoms with Crippen LogP contribution in [0, 0.1) is 5.92 Å². The fourth-order valence-corrected chi connectivity index (χ4v) is 4.33. The lowest BCUT2D eigenvalue weighted by Crippen LogP contribution is -2.31. The van der Waals surface area contributed by atoms with Crippen LogP contribution in [0.15, 0.2) is 23.1 Å². The largest absolute Gasteiger partial charge is 0.492 e. The Morgan fingerprint density at radius 1 is 1.18 bits per heavy atom. The van der Waals surface area contributed by atoms with Gasteiger partial charge in [0, 0.05) is 13.1 Å². The van der Waals surface area contributed by atoms with E-state index < -0.39 is 22.5 Å². The zero-order valence-corrected chi connectivity index (χ0v) is 17.4. The fraction of sp³-hybridized carbons (Fsp3) is 0.579. The third-order valence-corrected chi connectivity index (χ3v) is 6.70. The van der Waals surface area contributed by atoms with Crippen LogP contribution < -0.4 is 10.1 Å². The zero-order valence-electron chi connectivity index (χ0n) is 16.6. The molecule has 0 atom stereocenters. The minimum absolute atomic E-state index is 0.0569. The zero-order chi connectivity index (χ0) is 20.7. The van der Waals surface area contributed by atoms with Gasteiger partial charge in [-0.3, -0.25) is 9.59 Å². The highest BCUT2D eigenvalue weighted by Gasteiger charge is 2.27. The lowest BCUT2D eigenvalue weighted by atomic mass is 9.86. The van der Waals surface area contributed by atoms with Crippen LogP contribution >= 0.6 is 0 Å². The molecule has 1 aromatic rings. The minimum Gasteiger partial charge on any atom is -0.492 e. The van der Waals surface area contributed by atoms with Crippen molar-refractivity contribution in [1.29, 1.82) is 0 Å². The number of carbonyl (C=O) groups is 2. The molecule has 0 aromatic heterocycles. The van der Waals surface area contributed by atoms with Gasteiger partial charge in [0.15, 0.2) is 6.61 Å². The summed E-state index contributed by atoms with van der Waals surface area (Å²) < 4.78 is 37.3. The maximum atomic E-state index is 12.7. The van der Waals surface area contributed by atoms with Crippen LogP contribution in [-0.2, 0) is 24.3 Å². The number of esters is 1. The molecule has 1 amide bonds. The third-order valence-electron chi connectivity index (χ3n) is 4.65. The molecule has 1 saturated carbocycles. The molecule has 0 radical (unpaired) electrons. The Morgan fingerprint density at radius 3 is 2.39 bits per heavy atom. The van der Waals surface area contributed by atoms with E-state index in [0.717, 1.165) is 19.3 Å². The number of nitrogens with one attached hydrogen (secondary N) is 1. The Labute approximate surface area is 166 Å². The number of ether oxygens (including phenoxy) is 2. The van der Waals surface area contributed by atoms with E-state index in [9.17, 15) is 18.0 Å². The first-order chi connectivity index (χ1) is 13.3. The number of nitrogens with zero attached hydrogens (tertiary/aromatic N) is 1. The van der Waals surface area contributed by atoms with Crippen LogP contribution in [0.3, 0.4) is 0 Å². The predicted molar refractivity (Wildman–Crippen MR) is 105 cm³/mol. The number of benzene rings is 1. The van der Waals surface area contributed by atoms with Crippen LogP contribution in [0.2, 0.25) is 0 Å². The molecule has 0 unspecified atom stereocenters. The molecule has 1 N–H and O–H groups in total. The highest BCUT2D eigenvalue weighted by Crippen LogP contribution is 2.30. The average Bonchev–Trinajstić information content (AvgIpc) is 2.61. The number of carbonyl (C=O) groups excluding carboxylic acids is 2. The van der Waals surface area contributed by atoms with Gasteiger partial charge in [-0.25, -0.2) is 8.42 Å². The lowest BCUT2D eigenvalue weighted by Gasteiger charge is -2.23. The summed E-state index contributed by atoms with van der Waals surface area (Å²) >= 11 is 0. The van der Waals surface area contributed by atoms with Crippen LogP contribution in [0.25, 0.3) is 0 Å². The first-order valence-corrected chi connectivity index (χ1v) is 11.0.